The van der Waals surface area contributed by atoms with Crippen LogP contribution in [0.15, 0.2) is 76.1 Å². The Morgan fingerprint density at radius 2 is 1.75 bits per heavy atom. The third kappa shape index (κ3) is 6.01. The van der Waals surface area contributed by atoms with Gasteiger partial charge in [-0.2, -0.15) is 4.57 Å². The summed E-state index contributed by atoms with van der Waals surface area (Å²) in [6.45, 7) is 9.84. The van der Waals surface area contributed by atoms with E-state index in [-0.39, 0.29) is 5.82 Å². The molecule has 0 aliphatic carbocycles. The molecule has 1 N–H and O–H groups in total. The third-order valence-corrected chi connectivity index (χ3v) is 8.46. The van der Waals surface area contributed by atoms with E-state index in [4.69, 9.17) is 4.42 Å². The number of likely N-dealkylation sites (N-methyl/N-ethyl adjacent to an activating group) is 1. The molecule has 0 bridgehead atoms. The van der Waals surface area contributed by atoms with Gasteiger partial charge in [-0.15, -0.1) is 0 Å². The highest BCUT2D eigenvalue weighted by Crippen LogP contribution is 2.26. The Morgan fingerprint density at radius 3 is 2.48 bits per heavy atom. The Bertz CT molecular complexity index is 1890. The Kier molecular flexibility index (Phi) is 8.30. The van der Waals surface area contributed by atoms with E-state index in [1.54, 1.807) is 18.3 Å². The van der Waals surface area contributed by atoms with Crippen molar-refractivity contribution >= 4 is 56.9 Å². The number of fused-ring (bicyclic) bond motifs is 2. The van der Waals surface area contributed by atoms with Gasteiger partial charge >= 0.3 is 5.63 Å². The smallest absolute Gasteiger partial charge is 0.343 e. The second-order valence-corrected chi connectivity index (χ2v) is 11.2. The van der Waals surface area contributed by atoms with Gasteiger partial charge in [0.05, 0.1) is 23.1 Å². The summed E-state index contributed by atoms with van der Waals surface area (Å²) < 4.78 is 22.8. The van der Waals surface area contributed by atoms with E-state index >= 15 is 4.39 Å². The highest BCUT2D eigenvalue weighted by atomic mass is 19.1. The van der Waals surface area contributed by atoms with Gasteiger partial charge in [-0.05, 0) is 69.4 Å². The first-order valence-corrected chi connectivity index (χ1v) is 15.1. The lowest BCUT2D eigenvalue weighted by atomic mass is 10.1. The molecular weight excluding hydrogens is 555 g/mol. The predicted octanol–water partition coefficient (Wildman–Crippen LogP) is 5.82. The van der Waals surface area contributed by atoms with Gasteiger partial charge in [0.15, 0.2) is 0 Å². The molecule has 0 unspecified atom stereocenters. The molecule has 6 rings (SSSR count). The van der Waals surface area contributed by atoms with Crippen LogP contribution in [0.4, 0.5) is 27.3 Å². The molecule has 4 heterocycles. The first kappa shape index (κ1) is 29.3. The Balaban J connectivity index is 1.24. The number of halogens is 1. The average molecular weight is 594 g/mol. The van der Waals surface area contributed by atoms with Gasteiger partial charge in [-0.25, -0.2) is 14.2 Å². The summed E-state index contributed by atoms with van der Waals surface area (Å²) >= 11 is 0. The van der Waals surface area contributed by atoms with E-state index in [2.05, 4.69) is 52.0 Å². The van der Waals surface area contributed by atoms with E-state index in [1.807, 2.05) is 60.2 Å². The van der Waals surface area contributed by atoms with Gasteiger partial charge in [0, 0.05) is 80.0 Å². The van der Waals surface area contributed by atoms with Crippen LogP contribution in [-0.2, 0) is 7.05 Å². The first-order chi connectivity index (χ1) is 21.3. The van der Waals surface area contributed by atoms with Crippen molar-refractivity contribution in [2.45, 2.75) is 13.8 Å². The fourth-order valence-corrected chi connectivity index (χ4v) is 5.72. The number of benzene rings is 2. The first-order valence-electron chi connectivity index (χ1n) is 15.1. The number of piperazine rings is 1. The van der Waals surface area contributed by atoms with Crippen LogP contribution in [0.3, 0.4) is 0 Å². The lowest BCUT2D eigenvalue weighted by Gasteiger charge is -2.33. The van der Waals surface area contributed by atoms with Gasteiger partial charge in [0.25, 0.3) is 0 Å². The van der Waals surface area contributed by atoms with Crippen molar-refractivity contribution in [3.8, 4) is 0 Å². The van der Waals surface area contributed by atoms with Gasteiger partial charge in [0.2, 0.25) is 11.2 Å². The van der Waals surface area contributed by atoms with Crippen LogP contribution in [0.25, 0.3) is 34.0 Å². The zero-order valence-corrected chi connectivity index (χ0v) is 25.7. The monoisotopic (exact) mass is 593 g/mol. The van der Waals surface area contributed by atoms with Crippen molar-refractivity contribution in [3.05, 3.63) is 94.4 Å². The van der Waals surface area contributed by atoms with E-state index in [1.165, 1.54) is 6.07 Å². The number of pyridine rings is 2. The summed E-state index contributed by atoms with van der Waals surface area (Å²) in [5, 5.41) is 4.83. The van der Waals surface area contributed by atoms with Gasteiger partial charge in [0.1, 0.15) is 24.3 Å². The van der Waals surface area contributed by atoms with Crippen molar-refractivity contribution in [2.75, 3.05) is 61.4 Å². The number of aromatic nitrogens is 2. The number of anilines is 4. The van der Waals surface area contributed by atoms with Crippen LogP contribution in [-0.4, -0.2) is 56.2 Å². The molecule has 2 aromatic carbocycles. The largest absolute Gasteiger partial charge is 0.422 e. The van der Waals surface area contributed by atoms with E-state index < -0.39 is 5.63 Å². The standard InChI is InChI=1S/C35H37FN6O2/c1-5-41(6-2)29-13-8-25-19-26(35(43)44-33(25)21-29)9-12-28-11-7-24-20-30(36)31(22-32(24)40(28)4)38-27-10-14-34(37-23-27)42-17-15-39(3)16-18-42/h7-14,19-23H,5-6,15-18H2,1-4H3/p+1/b12-9+. The summed E-state index contributed by atoms with van der Waals surface area (Å²) in [7, 11) is 4.05. The van der Waals surface area contributed by atoms with E-state index in [0.29, 0.717) is 22.5 Å². The van der Waals surface area contributed by atoms with Gasteiger partial charge < -0.3 is 24.4 Å². The molecule has 8 nitrogen and oxygen atoms in total. The molecule has 1 aliphatic rings. The maximum absolute atomic E-state index is 15.1. The quantitative estimate of drug-likeness (QED) is 0.180. The highest BCUT2D eigenvalue weighted by Gasteiger charge is 2.17. The van der Waals surface area contributed by atoms with Crippen molar-refractivity contribution in [1.29, 1.82) is 0 Å². The number of rotatable bonds is 8. The summed E-state index contributed by atoms with van der Waals surface area (Å²) in [4.78, 5) is 24.3. The highest BCUT2D eigenvalue weighted by molar-refractivity contribution is 5.84. The zero-order valence-electron chi connectivity index (χ0n) is 25.7. The Labute approximate surface area is 256 Å². The van der Waals surface area contributed by atoms with Crippen molar-refractivity contribution in [3.63, 3.8) is 0 Å². The summed E-state index contributed by atoms with van der Waals surface area (Å²) in [5.74, 6) is 0.581. The predicted molar refractivity (Wildman–Crippen MR) is 177 cm³/mol. The molecular formula is C35H38FN6O2+. The summed E-state index contributed by atoms with van der Waals surface area (Å²) in [6.07, 6.45) is 5.39. The number of nitrogens with one attached hydrogen (secondary N) is 1. The Hall–Kier alpha value is -4.76. The molecule has 0 spiro atoms. The zero-order chi connectivity index (χ0) is 30.8. The normalized spacial score (nSPS) is 14.2. The molecule has 9 heteroatoms. The summed E-state index contributed by atoms with van der Waals surface area (Å²) in [6, 6.07) is 18.8. The number of nitrogens with zero attached hydrogens (tertiary/aromatic N) is 5. The lowest BCUT2D eigenvalue weighted by Crippen LogP contribution is -2.44. The van der Waals surface area contributed by atoms with Crippen LogP contribution in [0.2, 0.25) is 0 Å². The SMILES string of the molecule is CCN(CC)c1ccc2cc(/C=C/c3ccc4cc(F)c(Nc5ccc(N6CCN(C)CC6)nc5)cc4[n+]3C)c(=O)oc2c1. The molecule has 3 aromatic heterocycles. The summed E-state index contributed by atoms with van der Waals surface area (Å²) in [5.41, 5.74) is 4.43. The molecule has 5 aromatic rings. The number of aryl methyl sites for hydroxylation is 1. The van der Waals surface area contributed by atoms with Crippen molar-refractivity contribution < 1.29 is 13.4 Å². The van der Waals surface area contributed by atoms with Gasteiger partial charge in [-0.3, -0.25) is 0 Å². The van der Waals surface area contributed by atoms with Crippen molar-refractivity contribution in [2.24, 2.45) is 7.05 Å². The lowest BCUT2D eigenvalue weighted by molar-refractivity contribution is -0.646. The third-order valence-electron chi connectivity index (χ3n) is 8.46. The van der Waals surface area contributed by atoms with Crippen LogP contribution < -0.4 is 25.3 Å². The molecule has 0 atom stereocenters. The van der Waals surface area contributed by atoms with E-state index in [9.17, 15) is 4.79 Å². The van der Waals surface area contributed by atoms with Crippen LogP contribution in [0, 0.1) is 5.82 Å². The average Bonchev–Trinajstić information content (AvgIpc) is 3.03. The fraction of sp³-hybridized carbons (Fsp3) is 0.286. The number of hydrogen-bond acceptors (Lipinski definition) is 7. The molecule has 1 saturated heterocycles. The molecule has 44 heavy (non-hydrogen) atoms. The molecule has 1 aliphatic heterocycles. The molecule has 0 amide bonds. The molecule has 0 saturated carbocycles. The molecule has 1 fully saturated rings. The minimum Gasteiger partial charge on any atom is -0.422 e. The minimum atomic E-state index is -0.394. The van der Waals surface area contributed by atoms with Crippen LogP contribution in [0.1, 0.15) is 25.1 Å². The fourth-order valence-electron chi connectivity index (χ4n) is 5.72. The topological polar surface area (TPSA) is 68.7 Å². The van der Waals surface area contributed by atoms with Crippen LogP contribution in [0.5, 0.6) is 0 Å². The molecule has 0 radical (unpaired) electrons. The van der Waals surface area contributed by atoms with Crippen LogP contribution >= 0.6 is 0 Å². The second kappa shape index (κ2) is 12.5. The van der Waals surface area contributed by atoms with Crippen molar-refractivity contribution in [1.82, 2.24) is 9.88 Å². The molecule has 226 valence electrons. The second-order valence-electron chi connectivity index (χ2n) is 11.2. The Morgan fingerprint density at radius 1 is 0.977 bits per heavy atom. The maximum atomic E-state index is 15.1. The maximum Gasteiger partial charge on any atom is 0.343 e. The van der Waals surface area contributed by atoms with E-state index in [0.717, 1.165) is 72.8 Å². The minimum absolute atomic E-state index is 0.346. The number of hydrogen-bond donors (Lipinski definition) is 1. The van der Waals surface area contributed by atoms with Gasteiger partial charge in [-0.1, -0.05) is 0 Å².